The molecule has 0 aromatic heterocycles. The maximum absolute atomic E-state index is 11.3. The van der Waals surface area contributed by atoms with Crippen LogP contribution >= 0.6 is 0 Å². The smallest absolute Gasteiger partial charge is 0.305 e. The molecule has 1 heterocycles. The number of nitrogens with zero attached hydrogens (tertiary/aromatic N) is 2. The van der Waals surface area contributed by atoms with Crippen LogP contribution in [0.2, 0.25) is 0 Å². The van der Waals surface area contributed by atoms with E-state index in [0.717, 1.165) is 51.9 Å². The van der Waals surface area contributed by atoms with Crippen LogP contribution in [0, 0.1) is 0 Å². The first-order valence-electron chi connectivity index (χ1n) is 7.75. The van der Waals surface area contributed by atoms with Crippen molar-refractivity contribution in [2.24, 2.45) is 0 Å². The van der Waals surface area contributed by atoms with Crippen LogP contribution < -0.4 is 0 Å². The molecule has 0 spiro atoms. The summed E-state index contributed by atoms with van der Waals surface area (Å²) in [4.78, 5) is 15.8. The number of morpholine rings is 1. The fraction of sp³-hybridized carbons (Fsp3) is 0.933. The second-order valence-corrected chi connectivity index (χ2v) is 6.49. The summed E-state index contributed by atoms with van der Waals surface area (Å²) >= 11 is 0. The summed E-state index contributed by atoms with van der Waals surface area (Å²) in [7, 11) is 4.19. The van der Waals surface area contributed by atoms with Crippen LogP contribution in [0.3, 0.4) is 0 Å². The topological polar surface area (TPSA) is 53.0 Å². The van der Waals surface area contributed by atoms with Gasteiger partial charge in [-0.05, 0) is 26.9 Å². The van der Waals surface area contributed by atoms with E-state index in [9.17, 15) is 9.90 Å². The molecule has 0 aromatic carbocycles. The molecule has 1 N–H and O–H groups in total. The average Bonchev–Trinajstić information content (AvgIpc) is 2.39. The molecule has 1 atom stereocenters. The molecule has 116 valence electrons. The molecule has 1 saturated heterocycles. The summed E-state index contributed by atoms with van der Waals surface area (Å²) in [5.74, 6) is -0.680. The van der Waals surface area contributed by atoms with Gasteiger partial charge < -0.3 is 14.7 Å². The summed E-state index contributed by atoms with van der Waals surface area (Å²) in [5.41, 5.74) is -0.163. The van der Waals surface area contributed by atoms with Gasteiger partial charge >= 0.3 is 5.97 Å². The largest absolute Gasteiger partial charge is 0.481 e. The third-order valence-electron chi connectivity index (χ3n) is 4.89. The lowest BCUT2D eigenvalue weighted by Gasteiger charge is -2.46. The fourth-order valence-corrected chi connectivity index (χ4v) is 3.66. The first kappa shape index (κ1) is 15.7. The molecule has 0 bridgehead atoms. The highest BCUT2D eigenvalue weighted by molar-refractivity contribution is 5.68. The van der Waals surface area contributed by atoms with E-state index < -0.39 is 5.97 Å². The number of likely N-dealkylation sites (N-methyl/N-ethyl adjacent to an activating group) is 2. The van der Waals surface area contributed by atoms with Crippen molar-refractivity contribution in [2.75, 3.05) is 40.3 Å². The molecule has 1 aliphatic carbocycles. The first-order valence-corrected chi connectivity index (χ1v) is 7.75. The van der Waals surface area contributed by atoms with Crippen LogP contribution in [0.5, 0.6) is 0 Å². The van der Waals surface area contributed by atoms with Crippen molar-refractivity contribution in [3.8, 4) is 0 Å². The van der Waals surface area contributed by atoms with Crippen LogP contribution in [0.25, 0.3) is 0 Å². The predicted molar refractivity (Wildman–Crippen MR) is 77.9 cm³/mol. The van der Waals surface area contributed by atoms with Crippen LogP contribution in [-0.2, 0) is 9.53 Å². The zero-order valence-corrected chi connectivity index (χ0v) is 12.8. The molecule has 20 heavy (non-hydrogen) atoms. The van der Waals surface area contributed by atoms with Crippen molar-refractivity contribution in [3.63, 3.8) is 0 Å². The molecule has 0 amide bonds. The summed E-state index contributed by atoms with van der Waals surface area (Å²) < 4.78 is 5.83. The zero-order valence-electron chi connectivity index (χ0n) is 12.8. The Labute approximate surface area is 121 Å². The number of rotatable bonds is 5. The summed E-state index contributed by atoms with van der Waals surface area (Å²) in [5, 5.41) is 9.26. The highest BCUT2D eigenvalue weighted by atomic mass is 16.5. The Morgan fingerprint density at radius 1 is 1.40 bits per heavy atom. The van der Waals surface area contributed by atoms with Gasteiger partial charge in [-0.3, -0.25) is 9.69 Å². The van der Waals surface area contributed by atoms with Crippen molar-refractivity contribution < 1.29 is 14.6 Å². The van der Waals surface area contributed by atoms with Crippen LogP contribution in [0.1, 0.15) is 38.5 Å². The molecule has 2 rings (SSSR count). The van der Waals surface area contributed by atoms with Gasteiger partial charge in [0.15, 0.2) is 0 Å². The van der Waals surface area contributed by atoms with E-state index in [-0.39, 0.29) is 18.1 Å². The van der Waals surface area contributed by atoms with Crippen LogP contribution in [-0.4, -0.2) is 72.9 Å². The number of aliphatic carboxylic acids is 1. The standard InChI is InChI=1S/C15H28N2O3/c1-16-8-9-20-13(11-16)12-17(2)15(10-14(18)19)6-4-3-5-7-15/h13H,3-12H2,1-2H3,(H,18,19). The highest BCUT2D eigenvalue weighted by Crippen LogP contribution is 2.36. The molecule has 1 unspecified atom stereocenters. The third kappa shape index (κ3) is 3.93. The fourth-order valence-electron chi connectivity index (χ4n) is 3.66. The maximum atomic E-state index is 11.3. The van der Waals surface area contributed by atoms with Crippen molar-refractivity contribution in [1.82, 2.24) is 9.80 Å². The Balaban J connectivity index is 1.98. The summed E-state index contributed by atoms with van der Waals surface area (Å²) in [6.45, 7) is 3.53. The second-order valence-electron chi connectivity index (χ2n) is 6.49. The lowest BCUT2D eigenvalue weighted by Crippen LogP contribution is -2.54. The SMILES string of the molecule is CN1CCOC(CN(C)C2(CC(=O)O)CCCCC2)C1. The zero-order chi connectivity index (χ0) is 14.6. The van der Waals surface area contributed by atoms with Gasteiger partial charge in [0.1, 0.15) is 0 Å². The van der Waals surface area contributed by atoms with Gasteiger partial charge in [0, 0.05) is 25.2 Å². The molecule has 1 saturated carbocycles. The lowest BCUT2D eigenvalue weighted by atomic mass is 9.78. The Kier molecular flexibility index (Phi) is 5.41. The minimum Gasteiger partial charge on any atom is -0.481 e. The van der Waals surface area contributed by atoms with E-state index in [1.54, 1.807) is 0 Å². The number of carbonyl (C=O) groups is 1. The molecule has 0 aromatic rings. The van der Waals surface area contributed by atoms with Gasteiger partial charge in [-0.25, -0.2) is 0 Å². The summed E-state index contributed by atoms with van der Waals surface area (Å²) in [6, 6.07) is 0. The lowest BCUT2D eigenvalue weighted by molar-refractivity contribution is -0.142. The van der Waals surface area contributed by atoms with Gasteiger partial charge in [-0.1, -0.05) is 19.3 Å². The molecule has 2 aliphatic rings. The molecule has 2 fully saturated rings. The van der Waals surface area contributed by atoms with E-state index in [0.29, 0.717) is 0 Å². The van der Waals surface area contributed by atoms with Gasteiger partial charge in [0.25, 0.3) is 0 Å². The van der Waals surface area contributed by atoms with E-state index in [1.807, 2.05) is 0 Å². The Morgan fingerprint density at radius 2 is 2.10 bits per heavy atom. The Hall–Kier alpha value is -0.650. The first-order chi connectivity index (χ1) is 9.52. The molecule has 5 heteroatoms. The quantitative estimate of drug-likeness (QED) is 0.827. The minimum absolute atomic E-state index is 0.163. The van der Waals surface area contributed by atoms with E-state index >= 15 is 0 Å². The molecule has 0 radical (unpaired) electrons. The van der Waals surface area contributed by atoms with Gasteiger partial charge in [0.2, 0.25) is 0 Å². The maximum Gasteiger partial charge on any atom is 0.305 e. The average molecular weight is 284 g/mol. The third-order valence-corrected chi connectivity index (χ3v) is 4.89. The van der Waals surface area contributed by atoms with Crippen molar-refractivity contribution in [2.45, 2.75) is 50.2 Å². The van der Waals surface area contributed by atoms with Gasteiger partial charge in [-0.15, -0.1) is 0 Å². The molecule has 5 nitrogen and oxygen atoms in total. The highest BCUT2D eigenvalue weighted by Gasteiger charge is 2.39. The molecular weight excluding hydrogens is 256 g/mol. The molecule has 1 aliphatic heterocycles. The number of carboxylic acids is 1. The number of ether oxygens (including phenoxy) is 1. The normalized spacial score (nSPS) is 27.6. The van der Waals surface area contributed by atoms with Crippen LogP contribution in [0.4, 0.5) is 0 Å². The Morgan fingerprint density at radius 3 is 2.70 bits per heavy atom. The van der Waals surface area contributed by atoms with E-state index in [2.05, 4.69) is 23.9 Å². The van der Waals surface area contributed by atoms with Gasteiger partial charge in [0.05, 0.1) is 19.1 Å². The monoisotopic (exact) mass is 284 g/mol. The van der Waals surface area contributed by atoms with Crippen molar-refractivity contribution in [1.29, 1.82) is 0 Å². The van der Waals surface area contributed by atoms with Gasteiger partial charge in [-0.2, -0.15) is 0 Å². The second kappa shape index (κ2) is 6.87. The predicted octanol–water partition coefficient (Wildman–Crippen LogP) is 1.43. The van der Waals surface area contributed by atoms with E-state index in [1.165, 1.54) is 6.42 Å². The van der Waals surface area contributed by atoms with Crippen LogP contribution in [0.15, 0.2) is 0 Å². The number of hydrogen-bond acceptors (Lipinski definition) is 4. The number of hydrogen-bond donors (Lipinski definition) is 1. The van der Waals surface area contributed by atoms with E-state index in [4.69, 9.17) is 4.74 Å². The summed E-state index contributed by atoms with van der Waals surface area (Å²) in [6.07, 6.45) is 5.97. The minimum atomic E-state index is -0.680. The Bertz CT molecular complexity index is 329. The van der Waals surface area contributed by atoms with Crippen molar-refractivity contribution >= 4 is 5.97 Å². The molecular formula is C15H28N2O3. The number of carboxylic acid groups (broad SMARTS) is 1. The van der Waals surface area contributed by atoms with Crippen molar-refractivity contribution in [3.05, 3.63) is 0 Å².